The standard InChI is InChI=1S/C37H66N4O9/c38-30(36(47)48)17-15-16-26-39-33(43)25-24-31(37(49)50)41-35(46)29-22-20-28(21-23-29)27-40-32(42)18-13-11-9-7-5-3-1-2-4-6-8-10-12-14-19-34(44)45/h28-31H,1-27,38H2,(H,39,43)(H,40,42)(H,41,46)(H,44,45)(H,47,48)(H,49,50)/t28?,29?,30-,31-/m0/s1. The van der Waals surface area contributed by atoms with Crippen molar-refractivity contribution in [3.63, 3.8) is 0 Å². The second kappa shape index (κ2) is 28.5. The van der Waals surface area contributed by atoms with Gasteiger partial charge in [-0.25, -0.2) is 4.79 Å². The van der Waals surface area contributed by atoms with Gasteiger partial charge in [-0.15, -0.1) is 0 Å². The Labute approximate surface area is 298 Å². The summed E-state index contributed by atoms with van der Waals surface area (Å²) in [5.74, 6) is -3.51. The number of nitrogens with one attached hydrogen (secondary N) is 3. The summed E-state index contributed by atoms with van der Waals surface area (Å²) in [5.41, 5.74) is 5.45. The Morgan fingerprint density at radius 2 is 1.06 bits per heavy atom. The molecule has 0 aromatic heterocycles. The number of carbonyl (C=O) groups excluding carboxylic acids is 3. The summed E-state index contributed by atoms with van der Waals surface area (Å²) in [6, 6.07) is -2.09. The van der Waals surface area contributed by atoms with Gasteiger partial charge in [-0.1, -0.05) is 77.0 Å². The summed E-state index contributed by atoms with van der Waals surface area (Å²) >= 11 is 0. The molecule has 0 aromatic rings. The Morgan fingerprint density at radius 1 is 0.560 bits per heavy atom. The molecular formula is C37H66N4O9. The molecule has 1 aliphatic carbocycles. The fraction of sp³-hybridized carbons (Fsp3) is 0.838. The maximum atomic E-state index is 12.8. The van der Waals surface area contributed by atoms with Gasteiger partial charge < -0.3 is 37.0 Å². The van der Waals surface area contributed by atoms with E-state index in [-0.39, 0.29) is 42.9 Å². The van der Waals surface area contributed by atoms with Crippen molar-refractivity contribution < 1.29 is 44.1 Å². The highest BCUT2D eigenvalue weighted by Gasteiger charge is 2.29. The van der Waals surface area contributed by atoms with Gasteiger partial charge in [-0.2, -0.15) is 0 Å². The van der Waals surface area contributed by atoms with Gasteiger partial charge in [0, 0.05) is 38.3 Å². The lowest BCUT2D eigenvalue weighted by Crippen LogP contribution is -2.45. The van der Waals surface area contributed by atoms with Crippen LogP contribution in [0.1, 0.15) is 161 Å². The van der Waals surface area contributed by atoms with E-state index in [1.165, 1.54) is 51.4 Å². The summed E-state index contributed by atoms with van der Waals surface area (Å²) in [4.78, 5) is 70.2. The first-order chi connectivity index (χ1) is 24.0. The third-order valence-electron chi connectivity index (χ3n) is 9.71. The molecule has 1 rings (SSSR count). The monoisotopic (exact) mass is 710 g/mol. The molecule has 1 fully saturated rings. The first-order valence-electron chi connectivity index (χ1n) is 19.3. The van der Waals surface area contributed by atoms with Crippen LogP contribution in [-0.4, -0.2) is 76.1 Å². The molecule has 13 nitrogen and oxygen atoms in total. The lowest BCUT2D eigenvalue weighted by Gasteiger charge is -2.28. The number of aliphatic carboxylic acids is 3. The van der Waals surface area contributed by atoms with Crippen LogP contribution in [0.2, 0.25) is 0 Å². The first-order valence-corrected chi connectivity index (χ1v) is 19.3. The average molecular weight is 711 g/mol. The number of unbranched alkanes of at least 4 members (excludes halogenated alkanes) is 14. The molecule has 50 heavy (non-hydrogen) atoms. The lowest BCUT2D eigenvalue weighted by atomic mass is 9.81. The van der Waals surface area contributed by atoms with E-state index in [9.17, 15) is 33.9 Å². The molecule has 0 spiro atoms. The number of amides is 3. The zero-order chi connectivity index (χ0) is 37.0. The minimum Gasteiger partial charge on any atom is -0.481 e. The van der Waals surface area contributed by atoms with Crippen LogP contribution in [0, 0.1) is 11.8 Å². The Balaban J connectivity index is 2.05. The quantitative estimate of drug-likeness (QED) is 0.0461. The highest BCUT2D eigenvalue weighted by Crippen LogP contribution is 2.29. The van der Waals surface area contributed by atoms with Gasteiger partial charge in [0.05, 0.1) is 0 Å². The molecule has 0 heterocycles. The van der Waals surface area contributed by atoms with E-state index < -0.39 is 30.0 Å². The van der Waals surface area contributed by atoms with Crippen molar-refractivity contribution in [2.45, 2.75) is 173 Å². The number of carbonyl (C=O) groups is 6. The first kappa shape index (κ1) is 44.8. The predicted molar refractivity (Wildman–Crippen MR) is 191 cm³/mol. The molecule has 2 atom stereocenters. The maximum absolute atomic E-state index is 12.8. The van der Waals surface area contributed by atoms with Crippen molar-refractivity contribution in [3.05, 3.63) is 0 Å². The maximum Gasteiger partial charge on any atom is 0.326 e. The summed E-state index contributed by atoms with van der Waals surface area (Å²) in [6.45, 7) is 0.931. The number of nitrogens with two attached hydrogens (primary N) is 1. The lowest BCUT2D eigenvalue weighted by molar-refractivity contribution is -0.143. The Morgan fingerprint density at radius 3 is 1.56 bits per heavy atom. The molecule has 0 unspecified atom stereocenters. The minimum absolute atomic E-state index is 0.0278. The van der Waals surface area contributed by atoms with Crippen molar-refractivity contribution >= 4 is 35.6 Å². The number of carboxylic acids is 3. The zero-order valence-electron chi connectivity index (χ0n) is 30.3. The highest BCUT2D eigenvalue weighted by atomic mass is 16.4. The number of carboxylic acid groups (broad SMARTS) is 3. The molecule has 0 saturated heterocycles. The molecule has 0 aromatic carbocycles. The normalized spacial score (nSPS) is 17.0. The molecule has 288 valence electrons. The van der Waals surface area contributed by atoms with Gasteiger partial charge >= 0.3 is 17.9 Å². The van der Waals surface area contributed by atoms with Gasteiger partial charge in [0.25, 0.3) is 0 Å². The third kappa shape index (κ3) is 24.0. The van der Waals surface area contributed by atoms with Gasteiger partial charge in [0.1, 0.15) is 12.1 Å². The molecular weight excluding hydrogens is 644 g/mol. The van der Waals surface area contributed by atoms with E-state index in [4.69, 9.17) is 15.9 Å². The Kier molecular flexibility index (Phi) is 25.5. The molecule has 0 bridgehead atoms. The summed E-state index contributed by atoms with van der Waals surface area (Å²) in [7, 11) is 0. The second-order valence-electron chi connectivity index (χ2n) is 14.1. The Hall–Kier alpha value is -3.22. The van der Waals surface area contributed by atoms with Crippen LogP contribution in [0.4, 0.5) is 0 Å². The molecule has 13 heteroatoms. The molecule has 0 aliphatic heterocycles. The van der Waals surface area contributed by atoms with Gasteiger partial charge in [0.15, 0.2) is 0 Å². The fourth-order valence-corrected chi connectivity index (χ4v) is 6.41. The Bertz CT molecular complexity index is 1000. The summed E-state index contributed by atoms with van der Waals surface area (Å²) in [5, 5.41) is 35.3. The molecule has 0 radical (unpaired) electrons. The number of rotatable bonds is 31. The SMILES string of the molecule is N[C@@H](CCCCNC(=O)CC[C@H](NC(=O)C1CCC(CNC(=O)CCCCCCCCCCCCCCCCC(=O)O)CC1)C(=O)O)C(=O)O. The van der Waals surface area contributed by atoms with Crippen molar-refractivity contribution in [3.8, 4) is 0 Å². The van der Waals surface area contributed by atoms with E-state index >= 15 is 0 Å². The number of hydrogen-bond acceptors (Lipinski definition) is 7. The van der Waals surface area contributed by atoms with Crippen LogP contribution >= 0.6 is 0 Å². The molecule has 8 N–H and O–H groups in total. The fourth-order valence-electron chi connectivity index (χ4n) is 6.41. The van der Waals surface area contributed by atoms with Crippen LogP contribution in [0.15, 0.2) is 0 Å². The van der Waals surface area contributed by atoms with Crippen molar-refractivity contribution in [1.82, 2.24) is 16.0 Å². The van der Waals surface area contributed by atoms with Gasteiger partial charge in [-0.05, 0) is 70.1 Å². The van der Waals surface area contributed by atoms with E-state index in [2.05, 4.69) is 16.0 Å². The zero-order valence-corrected chi connectivity index (χ0v) is 30.3. The summed E-state index contributed by atoms with van der Waals surface area (Å²) in [6.07, 6.45) is 21.0. The second-order valence-corrected chi connectivity index (χ2v) is 14.1. The largest absolute Gasteiger partial charge is 0.481 e. The topological polar surface area (TPSA) is 225 Å². The van der Waals surface area contributed by atoms with E-state index in [1.54, 1.807) is 0 Å². The van der Waals surface area contributed by atoms with E-state index in [0.717, 1.165) is 51.4 Å². The molecule has 3 amide bonds. The van der Waals surface area contributed by atoms with Crippen LogP contribution in [-0.2, 0) is 28.8 Å². The average Bonchev–Trinajstić information content (AvgIpc) is 3.08. The minimum atomic E-state index is -1.19. The smallest absolute Gasteiger partial charge is 0.326 e. The van der Waals surface area contributed by atoms with Crippen molar-refractivity contribution in [2.24, 2.45) is 17.6 Å². The third-order valence-corrected chi connectivity index (χ3v) is 9.71. The van der Waals surface area contributed by atoms with Crippen LogP contribution in [0.3, 0.4) is 0 Å². The summed E-state index contributed by atoms with van der Waals surface area (Å²) < 4.78 is 0. The highest BCUT2D eigenvalue weighted by molar-refractivity contribution is 5.85. The van der Waals surface area contributed by atoms with Crippen molar-refractivity contribution in [2.75, 3.05) is 13.1 Å². The molecule has 1 aliphatic rings. The van der Waals surface area contributed by atoms with Crippen LogP contribution in [0.5, 0.6) is 0 Å². The van der Waals surface area contributed by atoms with Gasteiger partial charge in [0.2, 0.25) is 17.7 Å². The number of hydrogen-bond donors (Lipinski definition) is 7. The predicted octanol–water partition coefficient (Wildman–Crippen LogP) is 5.28. The van der Waals surface area contributed by atoms with Gasteiger partial charge in [-0.3, -0.25) is 24.0 Å². The van der Waals surface area contributed by atoms with Crippen LogP contribution < -0.4 is 21.7 Å². The molecule has 1 saturated carbocycles. The van der Waals surface area contributed by atoms with E-state index in [0.29, 0.717) is 57.5 Å². The van der Waals surface area contributed by atoms with E-state index in [1.807, 2.05) is 0 Å². The van der Waals surface area contributed by atoms with Crippen LogP contribution in [0.25, 0.3) is 0 Å². The van der Waals surface area contributed by atoms with Crippen molar-refractivity contribution in [1.29, 1.82) is 0 Å².